The Labute approximate surface area is 126 Å². The predicted octanol–water partition coefficient (Wildman–Crippen LogP) is 2.27. The number of nitrogen functional groups attached to an aromatic ring is 1. The number of hydrogen-bond acceptors (Lipinski definition) is 6. The average molecular weight is 295 g/mol. The lowest BCUT2D eigenvalue weighted by Gasteiger charge is -2.07. The van der Waals surface area contributed by atoms with Crippen LogP contribution in [0.2, 0.25) is 0 Å². The summed E-state index contributed by atoms with van der Waals surface area (Å²) in [6, 6.07) is 8.77. The molecule has 0 aromatic carbocycles. The third-order valence-corrected chi connectivity index (χ3v) is 2.93. The summed E-state index contributed by atoms with van der Waals surface area (Å²) in [5.74, 6) is 0.916. The summed E-state index contributed by atoms with van der Waals surface area (Å²) in [5.41, 5.74) is 6.82. The van der Waals surface area contributed by atoms with Crippen LogP contribution in [0.15, 0.2) is 47.2 Å². The Morgan fingerprint density at radius 1 is 1.23 bits per heavy atom. The summed E-state index contributed by atoms with van der Waals surface area (Å²) in [4.78, 5) is 24.6. The van der Waals surface area contributed by atoms with Crippen LogP contribution in [0.5, 0.6) is 0 Å². The van der Waals surface area contributed by atoms with Gasteiger partial charge in [0.2, 0.25) is 0 Å². The van der Waals surface area contributed by atoms with Gasteiger partial charge in [-0.15, -0.1) is 0 Å². The molecule has 22 heavy (non-hydrogen) atoms. The van der Waals surface area contributed by atoms with Gasteiger partial charge in [-0.05, 0) is 31.2 Å². The van der Waals surface area contributed by atoms with Crippen LogP contribution in [0.3, 0.4) is 0 Å². The van der Waals surface area contributed by atoms with E-state index in [0.717, 1.165) is 5.69 Å². The number of hydrogen-bond donors (Lipinski definition) is 2. The van der Waals surface area contributed by atoms with Gasteiger partial charge >= 0.3 is 0 Å². The van der Waals surface area contributed by atoms with Crippen molar-refractivity contribution in [3.63, 3.8) is 0 Å². The fraction of sp³-hybridized carbons (Fsp3) is 0.0667. The van der Waals surface area contributed by atoms with E-state index in [0.29, 0.717) is 17.4 Å². The minimum Gasteiger partial charge on any atom is -0.461 e. The van der Waals surface area contributed by atoms with Crippen molar-refractivity contribution in [3.05, 3.63) is 54.0 Å². The number of carbonyl (C=O) groups excluding carboxylic acids is 1. The highest BCUT2D eigenvalue weighted by Gasteiger charge is 2.15. The summed E-state index contributed by atoms with van der Waals surface area (Å²) >= 11 is 0. The number of aryl methyl sites for hydroxylation is 1. The van der Waals surface area contributed by atoms with Crippen molar-refractivity contribution >= 4 is 17.5 Å². The van der Waals surface area contributed by atoms with Gasteiger partial charge < -0.3 is 15.5 Å². The molecular weight excluding hydrogens is 282 g/mol. The Morgan fingerprint density at radius 3 is 2.77 bits per heavy atom. The molecule has 0 aliphatic rings. The van der Waals surface area contributed by atoms with E-state index >= 15 is 0 Å². The van der Waals surface area contributed by atoms with Gasteiger partial charge in [-0.1, -0.05) is 6.07 Å². The molecule has 1 amide bonds. The molecule has 3 heterocycles. The summed E-state index contributed by atoms with van der Waals surface area (Å²) in [5, 5.41) is 2.66. The number of carbonyl (C=O) groups is 1. The first-order valence-electron chi connectivity index (χ1n) is 6.55. The van der Waals surface area contributed by atoms with Crippen LogP contribution < -0.4 is 11.1 Å². The fourth-order valence-corrected chi connectivity index (χ4v) is 1.89. The van der Waals surface area contributed by atoms with Crippen LogP contribution in [-0.4, -0.2) is 20.9 Å². The quantitative estimate of drug-likeness (QED) is 0.767. The van der Waals surface area contributed by atoms with Gasteiger partial charge in [-0.3, -0.25) is 4.79 Å². The Kier molecular flexibility index (Phi) is 3.53. The van der Waals surface area contributed by atoms with E-state index < -0.39 is 5.91 Å². The largest absolute Gasteiger partial charge is 0.461 e. The standard InChI is InChI=1S/C15H13N5O2/c1-9-4-2-6-12(18-9)19-15(21)10-8-17-14(20-13(10)16)11-5-3-7-22-11/h2-8H,1H3,(H2,16,17,20)(H,18,19,21). The van der Waals surface area contributed by atoms with Crippen molar-refractivity contribution in [1.82, 2.24) is 15.0 Å². The molecule has 110 valence electrons. The molecule has 7 heteroatoms. The van der Waals surface area contributed by atoms with Gasteiger partial charge in [0.25, 0.3) is 5.91 Å². The number of rotatable bonds is 3. The van der Waals surface area contributed by atoms with Crippen LogP contribution in [0.1, 0.15) is 16.1 Å². The smallest absolute Gasteiger partial charge is 0.262 e. The number of anilines is 2. The lowest BCUT2D eigenvalue weighted by Crippen LogP contribution is -2.16. The van der Waals surface area contributed by atoms with E-state index in [1.54, 1.807) is 24.3 Å². The van der Waals surface area contributed by atoms with Gasteiger partial charge in [-0.25, -0.2) is 15.0 Å². The second kappa shape index (κ2) is 5.65. The van der Waals surface area contributed by atoms with Crippen molar-refractivity contribution in [2.24, 2.45) is 0 Å². The van der Waals surface area contributed by atoms with E-state index in [9.17, 15) is 4.79 Å². The first kappa shape index (κ1) is 13.7. The molecule has 0 saturated carbocycles. The Balaban J connectivity index is 1.84. The van der Waals surface area contributed by atoms with Crippen molar-refractivity contribution < 1.29 is 9.21 Å². The predicted molar refractivity (Wildman–Crippen MR) is 81.1 cm³/mol. The van der Waals surface area contributed by atoms with Gasteiger partial charge in [0, 0.05) is 11.9 Å². The van der Waals surface area contributed by atoms with Crippen molar-refractivity contribution in [2.75, 3.05) is 11.1 Å². The maximum Gasteiger partial charge on any atom is 0.262 e. The first-order valence-corrected chi connectivity index (χ1v) is 6.55. The minimum absolute atomic E-state index is 0.0755. The van der Waals surface area contributed by atoms with Gasteiger partial charge in [0.15, 0.2) is 11.6 Å². The number of furan rings is 1. The van der Waals surface area contributed by atoms with E-state index in [2.05, 4.69) is 20.3 Å². The zero-order valence-corrected chi connectivity index (χ0v) is 11.8. The van der Waals surface area contributed by atoms with Gasteiger partial charge in [-0.2, -0.15) is 0 Å². The van der Waals surface area contributed by atoms with Gasteiger partial charge in [0.1, 0.15) is 17.2 Å². The average Bonchev–Trinajstić information content (AvgIpc) is 3.01. The van der Waals surface area contributed by atoms with Crippen molar-refractivity contribution in [3.8, 4) is 11.6 Å². The SMILES string of the molecule is Cc1cccc(NC(=O)c2cnc(-c3ccco3)nc2N)n1. The van der Waals surface area contributed by atoms with E-state index in [1.165, 1.54) is 12.5 Å². The van der Waals surface area contributed by atoms with Crippen LogP contribution in [0.4, 0.5) is 11.6 Å². The molecule has 0 fully saturated rings. The zero-order chi connectivity index (χ0) is 15.5. The van der Waals surface area contributed by atoms with Gasteiger partial charge in [0.05, 0.1) is 6.26 Å². The number of amides is 1. The van der Waals surface area contributed by atoms with Crippen LogP contribution in [0.25, 0.3) is 11.6 Å². The second-order valence-corrected chi connectivity index (χ2v) is 4.59. The number of aromatic nitrogens is 3. The molecule has 0 atom stereocenters. The third kappa shape index (κ3) is 2.78. The number of nitrogens with two attached hydrogens (primary N) is 1. The molecule has 3 aromatic heterocycles. The summed E-state index contributed by atoms with van der Waals surface area (Å²) in [6.07, 6.45) is 2.88. The van der Waals surface area contributed by atoms with Crippen LogP contribution in [0, 0.1) is 6.92 Å². The molecule has 0 radical (unpaired) electrons. The Bertz CT molecular complexity index is 815. The molecule has 3 rings (SSSR count). The van der Waals surface area contributed by atoms with Crippen LogP contribution >= 0.6 is 0 Å². The molecule has 0 spiro atoms. The van der Waals surface area contributed by atoms with Crippen molar-refractivity contribution in [1.29, 1.82) is 0 Å². The Hall–Kier alpha value is -3.22. The maximum absolute atomic E-state index is 12.2. The number of nitrogens with zero attached hydrogens (tertiary/aromatic N) is 3. The minimum atomic E-state index is -0.415. The fourth-order valence-electron chi connectivity index (χ4n) is 1.89. The molecule has 0 saturated heterocycles. The highest BCUT2D eigenvalue weighted by Crippen LogP contribution is 2.18. The molecule has 0 unspecified atom stereocenters. The number of nitrogens with one attached hydrogen (secondary N) is 1. The molecule has 3 aromatic rings. The Morgan fingerprint density at radius 2 is 2.09 bits per heavy atom. The lowest BCUT2D eigenvalue weighted by molar-refractivity contribution is 0.102. The first-order chi connectivity index (χ1) is 10.6. The molecular formula is C15H13N5O2. The van der Waals surface area contributed by atoms with E-state index in [1.807, 2.05) is 13.0 Å². The highest BCUT2D eigenvalue weighted by molar-refractivity contribution is 6.06. The van der Waals surface area contributed by atoms with Crippen LogP contribution in [-0.2, 0) is 0 Å². The normalized spacial score (nSPS) is 10.4. The van der Waals surface area contributed by atoms with E-state index in [4.69, 9.17) is 10.2 Å². The number of pyridine rings is 1. The summed E-state index contributed by atoms with van der Waals surface area (Å²) < 4.78 is 5.19. The molecule has 7 nitrogen and oxygen atoms in total. The maximum atomic E-state index is 12.2. The summed E-state index contributed by atoms with van der Waals surface area (Å²) in [6.45, 7) is 1.84. The molecule has 0 bridgehead atoms. The van der Waals surface area contributed by atoms with Crippen molar-refractivity contribution in [2.45, 2.75) is 6.92 Å². The topological polar surface area (TPSA) is 107 Å². The molecule has 0 aliphatic heterocycles. The monoisotopic (exact) mass is 295 g/mol. The zero-order valence-electron chi connectivity index (χ0n) is 11.8. The highest BCUT2D eigenvalue weighted by atomic mass is 16.3. The summed E-state index contributed by atoms with van der Waals surface area (Å²) in [7, 11) is 0. The van der Waals surface area contributed by atoms with E-state index in [-0.39, 0.29) is 11.4 Å². The second-order valence-electron chi connectivity index (χ2n) is 4.59. The third-order valence-electron chi connectivity index (χ3n) is 2.93. The lowest BCUT2D eigenvalue weighted by atomic mass is 10.2. The molecule has 0 aliphatic carbocycles. The molecule has 3 N–H and O–H groups in total.